The molecule has 5 nitrogen and oxygen atoms in total. The molecule has 1 aliphatic rings. The molecule has 2 N–H and O–H groups in total. The number of aromatic hydroxyl groups is 1. The van der Waals surface area contributed by atoms with E-state index in [0.717, 1.165) is 0 Å². The Labute approximate surface area is 158 Å². The summed E-state index contributed by atoms with van der Waals surface area (Å²) in [5.74, 6) is -0.192. The van der Waals surface area contributed by atoms with Crippen LogP contribution in [0.5, 0.6) is 11.5 Å². The number of carbonyl (C=O) groups is 1. The van der Waals surface area contributed by atoms with Gasteiger partial charge in [-0.05, 0) is 47.7 Å². The highest BCUT2D eigenvalue weighted by Gasteiger charge is 2.24. The monoisotopic (exact) mass is 394 g/mol. The van der Waals surface area contributed by atoms with Crippen LogP contribution in [0.15, 0.2) is 46.3 Å². The van der Waals surface area contributed by atoms with Crippen LogP contribution in [-0.2, 0) is 4.79 Å². The Morgan fingerprint density at radius 2 is 2.00 bits per heavy atom. The van der Waals surface area contributed by atoms with Crippen LogP contribution in [0.1, 0.15) is 5.56 Å². The van der Waals surface area contributed by atoms with Gasteiger partial charge in [-0.1, -0.05) is 35.3 Å². The van der Waals surface area contributed by atoms with Crippen molar-refractivity contribution in [2.45, 2.75) is 0 Å². The average Bonchev–Trinajstić information content (AvgIpc) is 2.92. The Hall–Kier alpha value is -2.15. The minimum atomic E-state index is -0.279. The third-order valence-corrected chi connectivity index (χ3v) is 4.81. The molecule has 0 aliphatic carbocycles. The number of carbonyl (C=O) groups excluding carboxylic acids is 1. The van der Waals surface area contributed by atoms with Crippen LogP contribution in [-0.4, -0.2) is 23.3 Å². The highest BCUT2D eigenvalue weighted by molar-refractivity contribution is 8.18. The molecule has 128 valence electrons. The number of ether oxygens (including phenoxy) is 1. The summed E-state index contributed by atoms with van der Waals surface area (Å²) in [4.78, 5) is 16.9. The largest absolute Gasteiger partial charge is 0.503 e. The van der Waals surface area contributed by atoms with Gasteiger partial charge in [0.15, 0.2) is 16.7 Å². The zero-order valence-electron chi connectivity index (χ0n) is 12.9. The Kier molecular flexibility index (Phi) is 5.22. The molecular formula is C17H12Cl2N2O3S. The van der Waals surface area contributed by atoms with Crippen molar-refractivity contribution in [2.75, 3.05) is 7.11 Å². The van der Waals surface area contributed by atoms with Gasteiger partial charge in [-0.25, -0.2) is 4.99 Å². The molecule has 0 bridgehead atoms. The van der Waals surface area contributed by atoms with Crippen molar-refractivity contribution < 1.29 is 14.6 Å². The van der Waals surface area contributed by atoms with Crippen LogP contribution in [0.2, 0.25) is 10.0 Å². The summed E-state index contributed by atoms with van der Waals surface area (Å²) in [6.07, 6.45) is 1.64. The summed E-state index contributed by atoms with van der Waals surface area (Å²) >= 11 is 13.2. The normalized spacial score (nSPS) is 17.2. The number of methoxy groups -OCH3 is 1. The fourth-order valence-corrected chi connectivity index (χ4v) is 3.35. The molecule has 0 unspecified atom stereocenters. The lowest BCUT2D eigenvalue weighted by Gasteiger charge is -2.06. The van der Waals surface area contributed by atoms with Gasteiger partial charge in [-0.3, -0.25) is 4.79 Å². The van der Waals surface area contributed by atoms with E-state index in [-0.39, 0.29) is 22.4 Å². The van der Waals surface area contributed by atoms with Crippen molar-refractivity contribution in [3.8, 4) is 11.5 Å². The molecule has 1 aliphatic heterocycles. The quantitative estimate of drug-likeness (QED) is 0.746. The van der Waals surface area contributed by atoms with E-state index in [1.807, 2.05) is 6.07 Å². The number of amidine groups is 1. The Bertz CT molecular complexity index is 913. The second-order valence-electron chi connectivity index (χ2n) is 4.99. The molecule has 1 fully saturated rings. The number of benzene rings is 2. The van der Waals surface area contributed by atoms with E-state index in [1.165, 1.54) is 18.9 Å². The number of amides is 1. The maximum atomic E-state index is 12.1. The van der Waals surface area contributed by atoms with Crippen molar-refractivity contribution in [3.63, 3.8) is 0 Å². The first kappa shape index (κ1) is 17.7. The van der Waals surface area contributed by atoms with E-state index < -0.39 is 0 Å². The van der Waals surface area contributed by atoms with Gasteiger partial charge < -0.3 is 15.2 Å². The number of aliphatic imine (C=N–C) groups is 1. The summed E-state index contributed by atoms with van der Waals surface area (Å²) < 4.78 is 5.06. The third-order valence-electron chi connectivity index (χ3n) is 3.29. The van der Waals surface area contributed by atoms with Gasteiger partial charge in [0.25, 0.3) is 5.91 Å². The predicted molar refractivity (Wildman–Crippen MR) is 102 cm³/mol. The molecule has 1 amide bonds. The van der Waals surface area contributed by atoms with Crippen LogP contribution < -0.4 is 10.1 Å². The number of hydrogen-bond donors (Lipinski definition) is 2. The summed E-state index contributed by atoms with van der Waals surface area (Å²) in [6, 6.07) is 10.2. The average molecular weight is 395 g/mol. The number of phenolic OH excluding ortho intramolecular Hbond substituents is 1. The van der Waals surface area contributed by atoms with Crippen LogP contribution in [0.4, 0.5) is 5.69 Å². The highest BCUT2D eigenvalue weighted by atomic mass is 35.5. The summed E-state index contributed by atoms with van der Waals surface area (Å²) in [7, 11) is 1.42. The standard InChI is InChI=1S/C17H12Cl2N2O3S/c1-24-13-7-9(6-11(19)15(13)22)8-14-16(23)21-17(25-14)20-12-5-3-2-4-10(12)18/h2-8,22H,1H3,(H,20,21,23). The first-order chi connectivity index (χ1) is 12.0. The number of thioether (sulfide) groups is 1. The highest BCUT2D eigenvalue weighted by Crippen LogP contribution is 2.37. The molecule has 8 heteroatoms. The number of hydrogen-bond acceptors (Lipinski definition) is 5. The zero-order chi connectivity index (χ0) is 18.0. The van der Waals surface area contributed by atoms with Gasteiger partial charge in [-0.15, -0.1) is 0 Å². The molecule has 0 atom stereocenters. The number of nitrogens with zero attached hydrogens (tertiary/aromatic N) is 1. The van der Waals surface area contributed by atoms with Crippen molar-refractivity contribution in [1.82, 2.24) is 5.32 Å². The summed E-state index contributed by atoms with van der Waals surface area (Å²) in [5.41, 5.74) is 1.19. The minimum Gasteiger partial charge on any atom is -0.503 e. The van der Waals surface area contributed by atoms with Crippen molar-refractivity contribution in [3.05, 3.63) is 56.9 Å². The Balaban J connectivity index is 1.90. The van der Waals surface area contributed by atoms with Crippen molar-refractivity contribution >= 4 is 57.8 Å². The van der Waals surface area contributed by atoms with Crippen LogP contribution >= 0.6 is 35.0 Å². The van der Waals surface area contributed by atoms with E-state index in [0.29, 0.717) is 26.3 Å². The molecule has 0 radical (unpaired) electrons. The van der Waals surface area contributed by atoms with Crippen molar-refractivity contribution in [2.24, 2.45) is 4.99 Å². The van der Waals surface area contributed by atoms with Crippen LogP contribution in [0, 0.1) is 0 Å². The number of para-hydroxylation sites is 1. The molecule has 0 aromatic heterocycles. The van der Waals surface area contributed by atoms with Crippen molar-refractivity contribution in [1.29, 1.82) is 0 Å². The van der Waals surface area contributed by atoms with E-state index in [9.17, 15) is 9.90 Å². The molecule has 1 heterocycles. The second-order valence-corrected chi connectivity index (χ2v) is 6.83. The molecule has 2 aromatic carbocycles. The number of nitrogens with one attached hydrogen (secondary N) is 1. The van der Waals surface area contributed by atoms with Gasteiger partial charge in [-0.2, -0.15) is 0 Å². The third kappa shape index (κ3) is 3.92. The number of phenols is 1. The van der Waals surface area contributed by atoms with Gasteiger partial charge in [0.1, 0.15) is 0 Å². The zero-order valence-corrected chi connectivity index (χ0v) is 15.2. The fraction of sp³-hybridized carbons (Fsp3) is 0.0588. The lowest BCUT2D eigenvalue weighted by Crippen LogP contribution is -2.19. The SMILES string of the molecule is COc1cc(C=C2SC(=Nc3ccccc3Cl)NC2=O)cc(Cl)c1O. The minimum absolute atomic E-state index is 0.138. The molecular weight excluding hydrogens is 383 g/mol. The molecule has 3 rings (SSSR count). The van der Waals surface area contributed by atoms with E-state index in [2.05, 4.69) is 10.3 Å². The molecule has 25 heavy (non-hydrogen) atoms. The summed E-state index contributed by atoms with van der Waals surface area (Å²) in [6.45, 7) is 0. The van der Waals surface area contributed by atoms with Gasteiger partial charge in [0, 0.05) is 0 Å². The Morgan fingerprint density at radius 1 is 1.24 bits per heavy atom. The maximum absolute atomic E-state index is 12.1. The van der Waals surface area contributed by atoms with Gasteiger partial charge in [0.2, 0.25) is 0 Å². The van der Waals surface area contributed by atoms with Crippen LogP contribution in [0.3, 0.4) is 0 Å². The van der Waals surface area contributed by atoms with E-state index in [4.69, 9.17) is 27.9 Å². The van der Waals surface area contributed by atoms with Gasteiger partial charge >= 0.3 is 0 Å². The Morgan fingerprint density at radius 3 is 2.72 bits per heavy atom. The number of halogens is 2. The smallest absolute Gasteiger partial charge is 0.264 e. The van der Waals surface area contributed by atoms with E-state index in [1.54, 1.807) is 36.4 Å². The lowest BCUT2D eigenvalue weighted by atomic mass is 10.2. The topological polar surface area (TPSA) is 70.9 Å². The molecule has 2 aromatic rings. The fourth-order valence-electron chi connectivity index (χ4n) is 2.12. The molecule has 1 saturated heterocycles. The first-order valence-corrected chi connectivity index (χ1v) is 8.66. The lowest BCUT2D eigenvalue weighted by molar-refractivity contribution is -0.115. The summed E-state index contributed by atoms with van der Waals surface area (Å²) in [5, 5.41) is 13.5. The molecule has 0 spiro atoms. The second kappa shape index (κ2) is 7.39. The van der Waals surface area contributed by atoms with Gasteiger partial charge in [0.05, 0.1) is 27.7 Å². The first-order valence-electron chi connectivity index (χ1n) is 7.08. The maximum Gasteiger partial charge on any atom is 0.264 e. The number of rotatable bonds is 3. The van der Waals surface area contributed by atoms with Crippen LogP contribution in [0.25, 0.3) is 6.08 Å². The molecule has 0 saturated carbocycles. The van der Waals surface area contributed by atoms with E-state index >= 15 is 0 Å². The predicted octanol–water partition coefficient (Wildman–Crippen LogP) is 4.60.